The Morgan fingerprint density at radius 3 is 2.56 bits per heavy atom. The molecule has 0 radical (unpaired) electrons. The molecule has 1 aliphatic rings. The molecule has 0 aromatic rings. The molecule has 1 rings (SSSR count). The van der Waals surface area contributed by atoms with E-state index in [1.54, 1.807) is 0 Å². The van der Waals surface area contributed by atoms with Gasteiger partial charge >= 0.3 is 0 Å². The maximum Gasteiger partial charge on any atom is 0.129 e. The van der Waals surface area contributed by atoms with E-state index in [2.05, 4.69) is 30.8 Å². The van der Waals surface area contributed by atoms with Crippen LogP contribution in [0.4, 0.5) is 0 Å². The fourth-order valence-electron chi connectivity index (χ4n) is 2.50. The molecule has 0 aromatic carbocycles. The molecular weight excluding hydrogens is 228 g/mol. The van der Waals surface area contributed by atoms with E-state index in [0.29, 0.717) is 6.61 Å². The minimum atomic E-state index is -0.264. The van der Waals surface area contributed by atoms with Crippen molar-refractivity contribution in [3.63, 3.8) is 0 Å². The van der Waals surface area contributed by atoms with E-state index in [0.717, 1.165) is 58.3 Å². The molecule has 1 fully saturated rings. The average molecular weight is 256 g/mol. The Morgan fingerprint density at radius 2 is 2.06 bits per heavy atom. The van der Waals surface area contributed by atoms with E-state index in [-0.39, 0.29) is 5.41 Å². The normalized spacial score (nSPS) is 24.7. The molecule has 1 saturated heterocycles. The van der Waals surface area contributed by atoms with Crippen LogP contribution < -0.4 is 0 Å². The molecule has 1 heterocycles. The third-order valence-corrected chi connectivity index (χ3v) is 3.54. The maximum absolute atomic E-state index is 11.4. The standard InChI is InChI=1S/C14H28N2O2/c1-4-7-16(9-8-15(2)3)11-14(12-17)6-5-10-18-13-14/h12H,4-11,13H2,1-3H3. The van der Waals surface area contributed by atoms with Crippen LogP contribution in [0.5, 0.6) is 0 Å². The molecular formula is C14H28N2O2. The Hall–Kier alpha value is -0.450. The summed E-state index contributed by atoms with van der Waals surface area (Å²) in [5.41, 5.74) is -0.264. The number of nitrogens with zero attached hydrogens (tertiary/aromatic N) is 2. The minimum absolute atomic E-state index is 0.264. The Labute approximate surface area is 111 Å². The highest BCUT2D eigenvalue weighted by atomic mass is 16.5. The molecule has 1 atom stereocenters. The summed E-state index contributed by atoms with van der Waals surface area (Å²) in [6, 6.07) is 0. The van der Waals surface area contributed by atoms with Crippen LogP contribution in [0.25, 0.3) is 0 Å². The predicted molar refractivity (Wildman–Crippen MR) is 73.8 cm³/mol. The van der Waals surface area contributed by atoms with Crippen molar-refractivity contribution < 1.29 is 9.53 Å². The molecule has 0 aromatic heterocycles. The lowest BCUT2D eigenvalue weighted by Gasteiger charge is -2.37. The minimum Gasteiger partial charge on any atom is -0.380 e. The van der Waals surface area contributed by atoms with Crippen molar-refractivity contribution in [3.05, 3.63) is 0 Å². The topological polar surface area (TPSA) is 32.8 Å². The van der Waals surface area contributed by atoms with Gasteiger partial charge in [0.05, 0.1) is 12.0 Å². The molecule has 4 heteroatoms. The zero-order valence-corrected chi connectivity index (χ0v) is 12.2. The van der Waals surface area contributed by atoms with Crippen molar-refractivity contribution in [2.45, 2.75) is 26.2 Å². The smallest absolute Gasteiger partial charge is 0.129 e. The van der Waals surface area contributed by atoms with E-state index in [4.69, 9.17) is 4.74 Å². The van der Waals surface area contributed by atoms with Gasteiger partial charge in [0.15, 0.2) is 0 Å². The highest BCUT2D eigenvalue weighted by Crippen LogP contribution is 2.27. The molecule has 0 aliphatic carbocycles. The van der Waals surface area contributed by atoms with Gasteiger partial charge in [-0.15, -0.1) is 0 Å². The predicted octanol–water partition coefficient (Wildman–Crippen LogP) is 1.26. The van der Waals surface area contributed by atoms with Crippen LogP contribution in [-0.4, -0.2) is 69.6 Å². The van der Waals surface area contributed by atoms with Crippen molar-refractivity contribution in [1.82, 2.24) is 9.80 Å². The summed E-state index contributed by atoms with van der Waals surface area (Å²) in [5.74, 6) is 0. The third-order valence-electron chi connectivity index (χ3n) is 3.54. The van der Waals surface area contributed by atoms with Crippen LogP contribution in [0.3, 0.4) is 0 Å². The van der Waals surface area contributed by atoms with Gasteiger partial charge in [-0.2, -0.15) is 0 Å². The van der Waals surface area contributed by atoms with Crippen LogP contribution in [-0.2, 0) is 9.53 Å². The Morgan fingerprint density at radius 1 is 1.28 bits per heavy atom. The van der Waals surface area contributed by atoms with Crippen molar-refractivity contribution >= 4 is 6.29 Å². The van der Waals surface area contributed by atoms with Gasteiger partial charge in [-0.05, 0) is 39.9 Å². The summed E-state index contributed by atoms with van der Waals surface area (Å²) in [6.07, 6.45) is 4.23. The molecule has 0 bridgehead atoms. The molecule has 0 saturated carbocycles. The van der Waals surface area contributed by atoms with Crippen LogP contribution >= 0.6 is 0 Å². The Balaban J connectivity index is 2.53. The quantitative estimate of drug-likeness (QED) is 0.612. The van der Waals surface area contributed by atoms with Crippen molar-refractivity contribution in [2.75, 3.05) is 53.5 Å². The lowest BCUT2D eigenvalue weighted by molar-refractivity contribution is -0.125. The Bertz CT molecular complexity index is 238. The van der Waals surface area contributed by atoms with Gasteiger partial charge in [-0.25, -0.2) is 0 Å². The molecule has 18 heavy (non-hydrogen) atoms. The van der Waals surface area contributed by atoms with Crippen molar-refractivity contribution in [1.29, 1.82) is 0 Å². The molecule has 0 spiro atoms. The van der Waals surface area contributed by atoms with E-state index >= 15 is 0 Å². The second-order valence-corrected chi connectivity index (χ2v) is 5.72. The summed E-state index contributed by atoms with van der Waals surface area (Å²) >= 11 is 0. The van der Waals surface area contributed by atoms with E-state index in [1.165, 1.54) is 0 Å². The number of rotatable bonds is 8. The number of hydrogen-bond acceptors (Lipinski definition) is 4. The second kappa shape index (κ2) is 7.87. The van der Waals surface area contributed by atoms with Gasteiger partial charge in [-0.1, -0.05) is 6.92 Å². The molecule has 106 valence electrons. The van der Waals surface area contributed by atoms with Crippen LogP contribution in [0.15, 0.2) is 0 Å². The van der Waals surface area contributed by atoms with E-state index < -0.39 is 0 Å². The molecule has 0 amide bonds. The van der Waals surface area contributed by atoms with Gasteiger partial charge in [-0.3, -0.25) is 0 Å². The summed E-state index contributed by atoms with van der Waals surface area (Å²) in [4.78, 5) is 16.0. The van der Waals surface area contributed by atoms with Crippen LogP contribution in [0.1, 0.15) is 26.2 Å². The number of hydrogen-bond donors (Lipinski definition) is 0. The number of aldehydes is 1. The first-order chi connectivity index (χ1) is 8.62. The van der Waals surface area contributed by atoms with Crippen LogP contribution in [0, 0.1) is 5.41 Å². The van der Waals surface area contributed by atoms with E-state index in [9.17, 15) is 4.79 Å². The largest absolute Gasteiger partial charge is 0.380 e. The first-order valence-electron chi connectivity index (χ1n) is 7.03. The fourth-order valence-corrected chi connectivity index (χ4v) is 2.50. The molecule has 4 nitrogen and oxygen atoms in total. The fraction of sp³-hybridized carbons (Fsp3) is 0.929. The highest BCUT2D eigenvalue weighted by Gasteiger charge is 2.34. The summed E-state index contributed by atoms with van der Waals surface area (Å²) < 4.78 is 5.51. The van der Waals surface area contributed by atoms with Gasteiger partial charge in [0.1, 0.15) is 6.29 Å². The van der Waals surface area contributed by atoms with Gasteiger partial charge in [0.2, 0.25) is 0 Å². The highest BCUT2D eigenvalue weighted by molar-refractivity contribution is 5.60. The lowest BCUT2D eigenvalue weighted by Crippen LogP contribution is -2.46. The summed E-state index contributed by atoms with van der Waals surface area (Å²) in [5, 5.41) is 0. The zero-order valence-electron chi connectivity index (χ0n) is 12.2. The number of likely N-dealkylation sites (N-methyl/N-ethyl adjacent to an activating group) is 1. The monoisotopic (exact) mass is 256 g/mol. The Kier molecular flexibility index (Phi) is 6.82. The molecule has 1 unspecified atom stereocenters. The first-order valence-corrected chi connectivity index (χ1v) is 7.03. The summed E-state index contributed by atoms with van der Waals surface area (Å²) in [6.45, 7) is 7.56. The SMILES string of the molecule is CCCN(CCN(C)C)CC1(C=O)CCCOC1. The first kappa shape index (κ1) is 15.6. The number of carbonyl (C=O) groups is 1. The zero-order chi connectivity index (χ0) is 13.4. The average Bonchev–Trinajstić information content (AvgIpc) is 2.37. The van der Waals surface area contributed by atoms with E-state index in [1.807, 2.05) is 0 Å². The third kappa shape index (κ3) is 5.04. The molecule has 1 aliphatic heterocycles. The van der Waals surface area contributed by atoms with Gasteiger partial charge in [0, 0.05) is 26.2 Å². The molecule has 0 N–H and O–H groups in total. The number of ether oxygens (including phenoxy) is 1. The number of carbonyl (C=O) groups excluding carboxylic acids is 1. The van der Waals surface area contributed by atoms with Crippen molar-refractivity contribution in [3.8, 4) is 0 Å². The lowest BCUT2D eigenvalue weighted by atomic mass is 9.83. The van der Waals surface area contributed by atoms with Gasteiger partial charge < -0.3 is 19.3 Å². The second-order valence-electron chi connectivity index (χ2n) is 5.72. The maximum atomic E-state index is 11.4. The van der Waals surface area contributed by atoms with Gasteiger partial charge in [0.25, 0.3) is 0 Å². The van der Waals surface area contributed by atoms with Crippen molar-refractivity contribution in [2.24, 2.45) is 5.41 Å². The summed E-state index contributed by atoms with van der Waals surface area (Å²) in [7, 11) is 4.17. The van der Waals surface area contributed by atoms with Crippen LogP contribution in [0.2, 0.25) is 0 Å².